The van der Waals surface area contributed by atoms with Gasteiger partial charge in [-0.2, -0.15) is 0 Å². The number of sulfonamides is 1. The summed E-state index contributed by atoms with van der Waals surface area (Å²) in [5.41, 5.74) is 1.59. The number of thiophene rings is 1. The van der Waals surface area contributed by atoms with E-state index in [0.29, 0.717) is 23.7 Å². The van der Waals surface area contributed by atoms with E-state index >= 15 is 0 Å². The van der Waals surface area contributed by atoms with Gasteiger partial charge in [0.2, 0.25) is 0 Å². The summed E-state index contributed by atoms with van der Waals surface area (Å²) in [5.74, 6) is -0.106. The topological polar surface area (TPSA) is 79.0 Å². The van der Waals surface area contributed by atoms with Crippen LogP contribution in [0.3, 0.4) is 0 Å². The van der Waals surface area contributed by atoms with Gasteiger partial charge >= 0.3 is 0 Å². The lowest BCUT2D eigenvalue weighted by molar-refractivity contribution is 0.0383. The SMILES string of the molecule is CCN(c1ccc2sc(C(=O)NCCN3CCOCC3)cc2c1)S(=O)(=O)c1ccc(C)cc1. The smallest absolute Gasteiger partial charge is 0.264 e. The minimum atomic E-state index is -3.68. The maximum absolute atomic E-state index is 13.2. The molecule has 0 aliphatic carbocycles. The number of aryl methyl sites for hydroxylation is 1. The number of carbonyl (C=O) groups excluding carboxylic acids is 1. The minimum absolute atomic E-state index is 0.106. The van der Waals surface area contributed by atoms with E-state index in [9.17, 15) is 13.2 Å². The summed E-state index contributed by atoms with van der Waals surface area (Å²) < 4.78 is 34.1. The average Bonchev–Trinajstić information content (AvgIpc) is 3.24. The molecule has 3 aromatic rings. The van der Waals surface area contributed by atoms with Crippen molar-refractivity contribution in [1.29, 1.82) is 0 Å². The molecule has 0 radical (unpaired) electrons. The van der Waals surface area contributed by atoms with Gasteiger partial charge in [-0.1, -0.05) is 17.7 Å². The molecule has 0 atom stereocenters. The summed E-state index contributed by atoms with van der Waals surface area (Å²) >= 11 is 1.41. The molecule has 1 aliphatic rings. The second-order valence-corrected chi connectivity index (χ2v) is 11.0. The van der Waals surface area contributed by atoms with Crippen LogP contribution in [0.2, 0.25) is 0 Å². The Morgan fingerprint density at radius 3 is 2.55 bits per heavy atom. The van der Waals surface area contributed by atoms with Crippen LogP contribution >= 0.6 is 11.3 Å². The van der Waals surface area contributed by atoms with E-state index < -0.39 is 10.0 Å². The van der Waals surface area contributed by atoms with Crippen LogP contribution in [-0.4, -0.2) is 65.2 Å². The molecule has 0 bridgehead atoms. The van der Waals surface area contributed by atoms with Gasteiger partial charge in [0.05, 0.1) is 28.7 Å². The Kier molecular flexibility index (Phi) is 7.33. The third-order valence-corrected chi connectivity index (χ3v) is 8.76. The fourth-order valence-electron chi connectivity index (χ4n) is 3.87. The normalized spacial score (nSPS) is 15.0. The molecule has 1 aromatic heterocycles. The fraction of sp³-hybridized carbons (Fsp3) is 0.375. The van der Waals surface area contributed by atoms with Crippen molar-refractivity contribution in [3.8, 4) is 0 Å². The first-order chi connectivity index (χ1) is 15.9. The van der Waals surface area contributed by atoms with Crippen molar-refractivity contribution >= 4 is 43.0 Å². The molecule has 1 aliphatic heterocycles. The lowest BCUT2D eigenvalue weighted by Gasteiger charge is -2.26. The highest BCUT2D eigenvalue weighted by Gasteiger charge is 2.24. The molecule has 1 amide bonds. The number of anilines is 1. The van der Waals surface area contributed by atoms with Crippen molar-refractivity contribution in [3.05, 3.63) is 59.0 Å². The second kappa shape index (κ2) is 10.2. The molecule has 9 heteroatoms. The maximum atomic E-state index is 13.2. The summed E-state index contributed by atoms with van der Waals surface area (Å²) in [5, 5.41) is 3.84. The summed E-state index contributed by atoms with van der Waals surface area (Å²) in [4.78, 5) is 15.8. The predicted molar refractivity (Wildman–Crippen MR) is 133 cm³/mol. The zero-order valence-electron chi connectivity index (χ0n) is 18.9. The molecule has 4 rings (SSSR count). The molecule has 7 nitrogen and oxygen atoms in total. The van der Waals surface area contributed by atoms with Crippen molar-refractivity contribution in [3.63, 3.8) is 0 Å². The Bertz CT molecular complexity index is 1220. The molecule has 1 N–H and O–H groups in total. The first-order valence-electron chi connectivity index (χ1n) is 11.1. The number of benzene rings is 2. The van der Waals surface area contributed by atoms with Crippen molar-refractivity contribution in [1.82, 2.24) is 10.2 Å². The van der Waals surface area contributed by atoms with E-state index in [0.717, 1.165) is 48.5 Å². The van der Waals surface area contributed by atoms with Crippen LogP contribution in [0.1, 0.15) is 22.2 Å². The van der Waals surface area contributed by atoms with E-state index in [4.69, 9.17) is 4.74 Å². The Labute approximate surface area is 199 Å². The van der Waals surface area contributed by atoms with Crippen LogP contribution < -0.4 is 9.62 Å². The first-order valence-corrected chi connectivity index (χ1v) is 13.4. The molecule has 33 heavy (non-hydrogen) atoms. The Balaban J connectivity index is 1.49. The molecule has 1 fully saturated rings. The number of ether oxygens (including phenoxy) is 1. The van der Waals surface area contributed by atoms with Crippen LogP contribution in [0.5, 0.6) is 0 Å². The molecule has 1 saturated heterocycles. The van der Waals surface area contributed by atoms with Crippen LogP contribution in [0.25, 0.3) is 10.1 Å². The van der Waals surface area contributed by atoms with Gasteiger partial charge in [0.15, 0.2) is 0 Å². The summed E-state index contributed by atoms with van der Waals surface area (Å²) in [6, 6.07) is 14.2. The highest BCUT2D eigenvalue weighted by Crippen LogP contribution is 2.31. The quantitative estimate of drug-likeness (QED) is 0.526. The molecular weight excluding hydrogens is 458 g/mol. The zero-order chi connectivity index (χ0) is 23.4. The van der Waals surface area contributed by atoms with Crippen LogP contribution in [0.4, 0.5) is 5.69 Å². The molecule has 176 valence electrons. The van der Waals surface area contributed by atoms with Crippen molar-refractivity contribution < 1.29 is 17.9 Å². The van der Waals surface area contributed by atoms with Crippen LogP contribution in [0, 0.1) is 6.92 Å². The predicted octanol–water partition coefficient (Wildman–Crippen LogP) is 3.49. The maximum Gasteiger partial charge on any atom is 0.264 e. The van der Waals surface area contributed by atoms with Gasteiger partial charge in [-0.15, -0.1) is 11.3 Å². The summed E-state index contributed by atoms with van der Waals surface area (Å²) in [6.07, 6.45) is 0. The highest BCUT2D eigenvalue weighted by atomic mass is 32.2. The molecular formula is C24H29N3O4S2. The highest BCUT2D eigenvalue weighted by molar-refractivity contribution is 7.92. The number of morpholine rings is 1. The third-order valence-electron chi connectivity index (χ3n) is 5.73. The zero-order valence-corrected chi connectivity index (χ0v) is 20.5. The number of nitrogens with one attached hydrogen (secondary N) is 1. The largest absolute Gasteiger partial charge is 0.379 e. The number of nitrogens with zero attached hydrogens (tertiary/aromatic N) is 2. The molecule has 2 heterocycles. The Hall–Kier alpha value is -2.46. The lowest BCUT2D eigenvalue weighted by atomic mass is 10.2. The average molecular weight is 488 g/mol. The molecule has 0 spiro atoms. The first kappa shape index (κ1) is 23.7. The number of rotatable bonds is 8. The number of amides is 1. The summed E-state index contributed by atoms with van der Waals surface area (Å²) in [7, 11) is -3.68. The van der Waals surface area contributed by atoms with Gasteiger partial charge < -0.3 is 10.1 Å². The fourth-order valence-corrected chi connectivity index (χ4v) is 6.29. The number of fused-ring (bicyclic) bond motifs is 1. The van der Waals surface area contributed by atoms with E-state index in [1.807, 2.05) is 32.0 Å². The van der Waals surface area contributed by atoms with E-state index in [1.165, 1.54) is 15.6 Å². The molecule has 0 unspecified atom stereocenters. The van der Waals surface area contributed by atoms with Crippen LogP contribution in [-0.2, 0) is 14.8 Å². The lowest BCUT2D eigenvalue weighted by Crippen LogP contribution is -2.41. The van der Waals surface area contributed by atoms with Gasteiger partial charge in [0, 0.05) is 37.4 Å². The van der Waals surface area contributed by atoms with Gasteiger partial charge in [-0.25, -0.2) is 8.42 Å². The Morgan fingerprint density at radius 1 is 1.12 bits per heavy atom. The minimum Gasteiger partial charge on any atom is -0.379 e. The van der Waals surface area contributed by atoms with Crippen molar-refractivity contribution in [2.24, 2.45) is 0 Å². The van der Waals surface area contributed by atoms with Gasteiger partial charge in [-0.3, -0.25) is 14.0 Å². The molecule has 0 saturated carbocycles. The summed E-state index contributed by atoms with van der Waals surface area (Å²) in [6.45, 7) is 8.68. The van der Waals surface area contributed by atoms with E-state index in [2.05, 4.69) is 10.2 Å². The molecule has 2 aromatic carbocycles. The monoisotopic (exact) mass is 487 g/mol. The van der Waals surface area contributed by atoms with Crippen LogP contribution in [0.15, 0.2) is 53.4 Å². The number of hydrogen-bond acceptors (Lipinski definition) is 6. The van der Waals surface area contributed by atoms with Crippen molar-refractivity contribution in [2.45, 2.75) is 18.7 Å². The van der Waals surface area contributed by atoms with Gasteiger partial charge in [0.25, 0.3) is 15.9 Å². The second-order valence-electron chi connectivity index (χ2n) is 8.03. The van der Waals surface area contributed by atoms with Gasteiger partial charge in [0.1, 0.15) is 0 Å². The van der Waals surface area contributed by atoms with E-state index in [-0.39, 0.29) is 10.8 Å². The van der Waals surface area contributed by atoms with E-state index in [1.54, 1.807) is 30.3 Å². The third kappa shape index (κ3) is 5.38. The number of hydrogen-bond donors (Lipinski definition) is 1. The number of carbonyl (C=O) groups is 1. The van der Waals surface area contributed by atoms with Crippen molar-refractivity contribution in [2.75, 3.05) is 50.2 Å². The van der Waals surface area contributed by atoms with Gasteiger partial charge in [-0.05, 0) is 55.6 Å². The standard InChI is InChI=1S/C24H29N3O4S2/c1-3-27(33(29,30)21-7-4-18(2)5-8-21)20-6-9-22-19(16-20)17-23(32-22)24(28)25-10-11-26-12-14-31-15-13-26/h4-9,16-17H,3,10-15H2,1-2H3,(H,25,28). The Morgan fingerprint density at radius 2 is 1.85 bits per heavy atom.